The number of hydrogen-bond donors (Lipinski definition) is 0. The van der Waals surface area contributed by atoms with E-state index >= 15 is 0 Å². The number of ether oxygens (including phenoxy) is 2. The van der Waals surface area contributed by atoms with Crippen LogP contribution >= 0.6 is 27.5 Å². The normalized spacial score (nSPS) is 11.4. The van der Waals surface area contributed by atoms with Gasteiger partial charge in [-0.05, 0) is 27.4 Å². The SMILES string of the molecule is COC(OC)c1cc(Cl)c2ccccc2c1Br. The second-order valence-electron chi connectivity index (χ2n) is 3.61. The van der Waals surface area contributed by atoms with Crippen molar-refractivity contribution in [2.24, 2.45) is 0 Å². The van der Waals surface area contributed by atoms with E-state index in [0.29, 0.717) is 5.02 Å². The van der Waals surface area contributed by atoms with Gasteiger partial charge in [0.2, 0.25) is 0 Å². The number of halogens is 2. The third kappa shape index (κ3) is 2.33. The molecule has 0 radical (unpaired) electrons. The number of benzene rings is 2. The number of fused-ring (bicyclic) bond motifs is 1. The minimum atomic E-state index is -0.425. The van der Waals surface area contributed by atoms with Gasteiger partial charge >= 0.3 is 0 Å². The Balaban J connectivity index is 2.70. The van der Waals surface area contributed by atoms with E-state index in [0.717, 1.165) is 20.8 Å². The molecular weight excluding hydrogens is 303 g/mol. The second-order valence-corrected chi connectivity index (χ2v) is 4.81. The molecule has 90 valence electrons. The van der Waals surface area contributed by atoms with Crippen LogP contribution in [-0.4, -0.2) is 14.2 Å². The Morgan fingerprint density at radius 3 is 2.29 bits per heavy atom. The highest BCUT2D eigenvalue weighted by molar-refractivity contribution is 9.10. The number of methoxy groups -OCH3 is 2. The van der Waals surface area contributed by atoms with Crippen molar-refractivity contribution in [1.29, 1.82) is 0 Å². The van der Waals surface area contributed by atoms with Gasteiger partial charge in [0.05, 0.1) is 0 Å². The molecule has 2 rings (SSSR count). The molecule has 0 aliphatic rings. The predicted molar refractivity (Wildman–Crippen MR) is 73.4 cm³/mol. The summed E-state index contributed by atoms with van der Waals surface area (Å²) in [5, 5.41) is 2.75. The van der Waals surface area contributed by atoms with E-state index in [2.05, 4.69) is 15.9 Å². The molecule has 0 amide bonds. The van der Waals surface area contributed by atoms with Crippen molar-refractivity contribution in [1.82, 2.24) is 0 Å². The fourth-order valence-electron chi connectivity index (χ4n) is 1.84. The van der Waals surface area contributed by atoms with Gasteiger partial charge in [0.1, 0.15) is 0 Å². The molecule has 0 unspecified atom stereocenters. The summed E-state index contributed by atoms with van der Waals surface area (Å²) < 4.78 is 11.5. The highest BCUT2D eigenvalue weighted by Crippen LogP contribution is 2.37. The van der Waals surface area contributed by atoms with Gasteiger partial charge in [-0.15, -0.1) is 0 Å². The molecule has 0 aliphatic heterocycles. The summed E-state index contributed by atoms with van der Waals surface area (Å²) in [6.45, 7) is 0. The molecule has 0 N–H and O–H groups in total. The molecule has 0 atom stereocenters. The lowest BCUT2D eigenvalue weighted by molar-refractivity contribution is -0.106. The maximum Gasteiger partial charge on any atom is 0.184 e. The van der Waals surface area contributed by atoms with Crippen LogP contribution in [0.4, 0.5) is 0 Å². The Hall–Kier alpha value is -0.610. The largest absolute Gasteiger partial charge is 0.352 e. The van der Waals surface area contributed by atoms with Crippen LogP contribution in [0, 0.1) is 0 Å². The molecule has 0 bridgehead atoms. The lowest BCUT2D eigenvalue weighted by Crippen LogP contribution is -2.04. The van der Waals surface area contributed by atoms with Crippen LogP contribution in [0.15, 0.2) is 34.8 Å². The zero-order valence-corrected chi connectivity index (χ0v) is 11.9. The van der Waals surface area contributed by atoms with Gasteiger partial charge in [0, 0.05) is 34.7 Å². The van der Waals surface area contributed by atoms with Crippen molar-refractivity contribution in [2.75, 3.05) is 14.2 Å². The van der Waals surface area contributed by atoms with Crippen LogP contribution in [0.25, 0.3) is 10.8 Å². The summed E-state index contributed by atoms with van der Waals surface area (Å²) in [4.78, 5) is 0. The van der Waals surface area contributed by atoms with Crippen molar-refractivity contribution in [3.05, 3.63) is 45.4 Å². The Kier molecular flexibility index (Phi) is 4.05. The molecule has 2 aromatic rings. The smallest absolute Gasteiger partial charge is 0.184 e. The monoisotopic (exact) mass is 314 g/mol. The summed E-state index contributed by atoms with van der Waals surface area (Å²) in [5.41, 5.74) is 0.888. The molecule has 0 saturated carbocycles. The van der Waals surface area contributed by atoms with E-state index in [1.807, 2.05) is 30.3 Å². The first-order valence-corrected chi connectivity index (χ1v) is 6.28. The van der Waals surface area contributed by atoms with Gasteiger partial charge in [-0.1, -0.05) is 35.9 Å². The van der Waals surface area contributed by atoms with E-state index in [1.54, 1.807) is 14.2 Å². The Labute approximate surface area is 114 Å². The molecule has 0 heterocycles. The first-order valence-electron chi connectivity index (χ1n) is 5.11. The van der Waals surface area contributed by atoms with Crippen molar-refractivity contribution in [3.63, 3.8) is 0 Å². The van der Waals surface area contributed by atoms with Gasteiger partial charge in [-0.2, -0.15) is 0 Å². The lowest BCUT2D eigenvalue weighted by atomic mass is 10.1. The summed E-state index contributed by atoms with van der Waals surface area (Å²) >= 11 is 9.84. The topological polar surface area (TPSA) is 18.5 Å². The predicted octanol–water partition coefficient (Wildman–Crippen LogP) is 4.55. The molecule has 0 fully saturated rings. The molecule has 2 aromatic carbocycles. The Bertz CT molecular complexity index is 538. The third-order valence-electron chi connectivity index (χ3n) is 2.64. The van der Waals surface area contributed by atoms with Crippen LogP contribution in [0.1, 0.15) is 11.9 Å². The average Bonchev–Trinajstić information content (AvgIpc) is 2.37. The van der Waals surface area contributed by atoms with Gasteiger partial charge in [-0.3, -0.25) is 0 Å². The highest BCUT2D eigenvalue weighted by Gasteiger charge is 2.16. The van der Waals surface area contributed by atoms with E-state index in [1.165, 1.54) is 0 Å². The first kappa shape index (κ1) is 12.8. The average molecular weight is 316 g/mol. The molecule has 0 saturated heterocycles. The number of rotatable bonds is 3. The first-order chi connectivity index (χ1) is 8.19. The third-order valence-corrected chi connectivity index (χ3v) is 3.84. The van der Waals surface area contributed by atoms with E-state index in [9.17, 15) is 0 Å². The minimum Gasteiger partial charge on any atom is -0.352 e. The zero-order valence-electron chi connectivity index (χ0n) is 9.54. The molecule has 4 heteroatoms. The molecule has 17 heavy (non-hydrogen) atoms. The number of hydrogen-bond acceptors (Lipinski definition) is 2. The molecule has 0 aliphatic carbocycles. The quantitative estimate of drug-likeness (QED) is 0.774. The van der Waals surface area contributed by atoms with Crippen LogP contribution < -0.4 is 0 Å². The minimum absolute atomic E-state index is 0.425. The van der Waals surface area contributed by atoms with Crippen LogP contribution in [0.5, 0.6) is 0 Å². The molecule has 0 spiro atoms. The second kappa shape index (κ2) is 5.36. The molecule has 0 aromatic heterocycles. The van der Waals surface area contributed by atoms with E-state index < -0.39 is 6.29 Å². The summed E-state index contributed by atoms with van der Waals surface area (Å²) in [5.74, 6) is 0. The van der Waals surface area contributed by atoms with Gasteiger partial charge in [-0.25, -0.2) is 0 Å². The van der Waals surface area contributed by atoms with Crippen LogP contribution in [0.2, 0.25) is 5.02 Å². The maximum atomic E-state index is 6.26. The Morgan fingerprint density at radius 2 is 1.71 bits per heavy atom. The van der Waals surface area contributed by atoms with E-state index in [-0.39, 0.29) is 0 Å². The van der Waals surface area contributed by atoms with Crippen molar-refractivity contribution in [3.8, 4) is 0 Å². The summed E-state index contributed by atoms with van der Waals surface area (Å²) in [7, 11) is 3.20. The van der Waals surface area contributed by atoms with Crippen molar-refractivity contribution in [2.45, 2.75) is 6.29 Å². The fourth-order valence-corrected chi connectivity index (χ4v) is 2.77. The van der Waals surface area contributed by atoms with Gasteiger partial charge in [0.15, 0.2) is 6.29 Å². The Morgan fingerprint density at radius 1 is 1.12 bits per heavy atom. The summed E-state index contributed by atoms with van der Waals surface area (Å²) in [6.07, 6.45) is -0.425. The standard InChI is InChI=1S/C13H12BrClO2/c1-16-13(17-2)10-7-11(15)8-5-3-4-6-9(8)12(10)14/h3-7,13H,1-2H3. The lowest BCUT2D eigenvalue weighted by Gasteiger charge is -2.17. The summed E-state index contributed by atoms with van der Waals surface area (Å²) in [6, 6.07) is 9.80. The van der Waals surface area contributed by atoms with Gasteiger partial charge in [0.25, 0.3) is 0 Å². The maximum absolute atomic E-state index is 6.26. The van der Waals surface area contributed by atoms with Crippen LogP contribution in [0.3, 0.4) is 0 Å². The van der Waals surface area contributed by atoms with Gasteiger partial charge < -0.3 is 9.47 Å². The van der Waals surface area contributed by atoms with E-state index in [4.69, 9.17) is 21.1 Å². The highest BCUT2D eigenvalue weighted by atomic mass is 79.9. The van der Waals surface area contributed by atoms with Crippen molar-refractivity contribution < 1.29 is 9.47 Å². The fraction of sp³-hybridized carbons (Fsp3) is 0.231. The van der Waals surface area contributed by atoms with Crippen molar-refractivity contribution >= 4 is 38.3 Å². The molecular formula is C13H12BrClO2. The molecule has 2 nitrogen and oxygen atoms in total. The van der Waals surface area contributed by atoms with Crippen LogP contribution in [-0.2, 0) is 9.47 Å². The zero-order chi connectivity index (χ0) is 12.4.